The summed E-state index contributed by atoms with van der Waals surface area (Å²) in [7, 11) is -3.75. The fourth-order valence-electron chi connectivity index (χ4n) is 4.26. The Hall–Kier alpha value is -3.77. The number of sulfonamides is 1. The number of imidazole rings is 1. The summed E-state index contributed by atoms with van der Waals surface area (Å²) in [5, 5.41) is 17.9. The standard InChI is InChI=1S/C20H18F3N9O2S/c1-29-11-14(9-26-29)16-8-17-25-5-7-31(17)18(28-16)15-10-27-32(12-15)19(2-4-24)3-6-30(13-19)35(33,34)20(21,22)23/h5,7-12H,2-3,6,13H2,1H3. The summed E-state index contributed by atoms with van der Waals surface area (Å²) in [5.41, 5.74) is -4.18. The molecule has 0 bridgehead atoms. The highest BCUT2D eigenvalue weighted by Gasteiger charge is 2.55. The van der Waals surface area contributed by atoms with Gasteiger partial charge in [0.25, 0.3) is 0 Å². The molecule has 0 spiro atoms. The average Bonchev–Trinajstić information content (AvgIpc) is 3.58. The van der Waals surface area contributed by atoms with E-state index >= 15 is 0 Å². The van der Waals surface area contributed by atoms with E-state index in [-0.39, 0.29) is 19.4 Å². The zero-order valence-corrected chi connectivity index (χ0v) is 19.1. The maximum absolute atomic E-state index is 13.1. The molecule has 1 atom stereocenters. The topological polar surface area (TPSA) is 127 Å². The number of halogens is 3. The van der Waals surface area contributed by atoms with E-state index in [4.69, 9.17) is 4.98 Å². The molecule has 15 heteroatoms. The van der Waals surface area contributed by atoms with Gasteiger partial charge in [-0.1, -0.05) is 0 Å². The molecular weight excluding hydrogens is 487 g/mol. The molecule has 0 saturated carbocycles. The normalized spacial score (nSPS) is 19.4. The maximum Gasteiger partial charge on any atom is 0.511 e. The largest absolute Gasteiger partial charge is 0.511 e. The Balaban J connectivity index is 1.56. The molecule has 1 aliphatic rings. The van der Waals surface area contributed by atoms with Crippen molar-refractivity contribution in [2.75, 3.05) is 13.1 Å². The van der Waals surface area contributed by atoms with Gasteiger partial charge in [-0.15, -0.1) is 0 Å². The van der Waals surface area contributed by atoms with E-state index in [2.05, 4.69) is 15.2 Å². The first-order valence-electron chi connectivity index (χ1n) is 10.4. The molecule has 1 unspecified atom stereocenters. The Kier molecular flexibility index (Phi) is 5.18. The van der Waals surface area contributed by atoms with Crippen LogP contribution in [0.15, 0.2) is 43.2 Å². The van der Waals surface area contributed by atoms with Gasteiger partial charge in [-0.2, -0.15) is 32.9 Å². The van der Waals surface area contributed by atoms with Gasteiger partial charge in [-0.25, -0.2) is 18.4 Å². The molecule has 35 heavy (non-hydrogen) atoms. The second-order valence-electron chi connectivity index (χ2n) is 8.29. The molecule has 0 aliphatic carbocycles. The molecule has 5 heterocycles. The van der Waals surface area contributed by atoms with E-state index in [0.717, 1.165) is 5.56 Å². The van der Waals surface area contributed by atoms with Gasteiger partial charge in [0.1, 0.15) is 11.5 Å². The summed E-state index contributed by atoms with van der Waals surface area (Å²) in [4.78, 5) is 9.05. The van der Waals surface area contributed by atoms with Gasteiger partial charge in [-0.3, -0.25) is 13.8 Å². The van der Waals surface area contributed by atoms with Gasteiger partial charge in [0.2, 0.25) is 0 Å². The summed E-state index contributed by atoms with van der Waals surface area (Å²) in [6.07, 6.45) is 9.59. The quantitative estimate of drug-likeness (QED) is 0.407. The lowest BCUT2D eigenvalue weighted by Crippen LogP contribution is -2.43. The van der Waals surface area contributed by atoms with Crippen LogP contribution >= 0.6 is 0 Å². The van der Waals surface area contributed by atoms with Crippen LogP contribution in [0.2, 0.25) is 0 Å². The third-order valence-corrected chi connectivity index (χ3v) is 7.63. The Morgan fingerprint density at radius 3 is 2.66 bits per heavy atom. The van der Waals surface area contributed by atoms with E-state index in [1.54, 1.807) is 53.2 Å². The van der Waals surface area contributed by atoms with Crippen molar-refractivity contribution in [1.82, 2.24) is 38.2 Å². The second kappa shape index (κ2) is 7.89. The van der Waals surface area contributed by atoms with E-state index < -0.39 is 27.6 Å². The Labute approximate surface area is 197 Å². The number of aromatic nitrogens is 7. The molecule has 4 aromatic rings. The van der Waals surface area contributed by atoms with Gasteiger partial charge in [0, 0.05) is 56.6 Å². The van der Waals surface area contributed by atoms with Gasteiger partial charge >= 0.3 is 15.5 Å². The minimum absolute atomic E-state index is 0.000624. The maximum atomic E-state index is 13.1. The van der Waals surface area contributed by atoms with Crippen molar-refractivity contribution in [3.05, 3.63) is 43.2 Å². The predicted molar refractivity (Wildman–Crippen MR) is 116 cm³/mol. The Morgan fingerprint density at radius 1 is 1.20 bits per heavy atom. The van der Waals surface area contributed by atoms with E-state index in [0.29, 0.717) is 27.0 Å². The highest BCUT2D eigenvalue weighted by molar-refractivity contribution is 7.90. The first kappa shape index (κ1) is 23.0. The van der Waals surface area contributed by atoms with Crippen LogP contribution in [0.25, 0.3) is 28.3 Å². The molecule has 1 saturated heterocycles. The summed E-state index contributed by atoms with van der Waals surface area (Å²) in [5.74, 6) is 0.468. The minimum Gasteiger partial charge on any atom is -0.284 e. The van der Waals surface area contributed by atoms with Crippen molar-refractivity contribution in [1.29, 1.82) is 5.26 Å². The molecule has 0 N–H and O–H groups in total. The number of nitrogens with zero attached hydrogens (tertiary/aromatic N) is 9. The van der Waals surface area contributed by atoms with Crippen LogP contribution in [0, 0.1) is 11.3 Å². The van der Waals surface area contributed by atoms with Crippen LogP contribution in [0.3, 0.4) is 0 Å². The van der Waals surface area contributed by atoms with E-state index in [1.165, 1.54) is 10.9 Å². The lowest BCUT2D eigenvalue weighted by Gasteiger charge is -2.27. The van der Waals surface area contributed by atoms with Crippen LogP contribution in [0.5, 0.6) is 0 Å². The van der Waals surface area contributed by atoms with Crippen molar-refractivity contribution in [2.24, 2.45) is 7.05 Å². The fourth-order valence-corrected chi connectivity index (χ4v) is 5.29. The number of nitriles is 1. The van der Waals surface area contributed by atoms with Crippen molar-refractivity contribution < 1.29 is 21.6 Å². The molecule has 0 aromatic carbocycles. The minimum atomic E-state index is -5.52. The zero-order valence-electron chi connectivity index (χ0n) is 18.3. The van der Waals surface area contributed by atoms with Crippen molar-refractivity contribution >= 4 is 15.7 Å². The molecule has 5 rings (SSSR count). The van der Waals surface area contributed by atoms with Crippen LogP contribution in [0.1, 0.15) is 12.8 Å². The smallest absolute Gasteiger partial charge is 0.284 e. The molecule has 0 radical (unpaired) electrons. The molecule has 1 aliphatic heterocycles. The number of hydrogen-bond donors (Lipinski definition) is 0. The van der Waals surface area contributed by atoms with Gasteiger partial charge in [0.15, 0.2) is 0 Å². The highest BCUT2D eigenvalue weighted by Crippen LogP contribution is 2.38. The van der Waals surface area contributed by atoms with Crippen LogP contribution in [-0.4, -0.2) is 65.3 Å². The highest BCUT2D eigenvalue weighted by atomic mass is 32.2. The molecule has 4 aromatic heterocycles. The average molecular weight is 505 g/mol. The van der Waals surface area contributed by atoms with Crippen molar-refractivity contribution in [3.8, 4) is 28.7 Å². The molecule has 11 nitrogen and oxygen atoms in total. The summed E-state index contributed by atoms with van der Waals surface area (Å²) in [6.45, 7) is -0.896. The van der Waals surface area contributed by atoms with E-state index in [1.807, 2.05) is 6.07 Å². The Morgan fingerprint density at radius 2 is 1.97 bits per heavy atom. The fraction of sp³-hybridized carbons (Fsp3) is 0.350. The number of rotatable bonds is 5. The van der Waals surface area contributed by atoms with Gasteiger partial charge < -0.3 is 0 Å². The van der Waals surface area contributed by atoms with Crippen LogP contribution in [-0.2, 0) is 22.6 Å². The van der Waals surface area contributed by atoms with E-state index in [9.17, 15) is 26.9 Å². The third kappa shape index (κ3) is 3.74. The first-order chi connectivity index (χ1) is 16.5. The lowest BCUT2D eigenvalue weighted by atomic mass is 9.95. The Bertz CT molecular complexity index is 1560. The van der Waals surface area contributed by atoms with Crippen molar-refractivity contribution in [3.63, 3.8) is 0 Å². The summed E-state index contributed by atoms with van der Waals surface area (Å²) in [6, 6.07) is 3.75. The third-order valence-electron chi connectivity index (χ3n) is 6.05. The first-order valence-corrected chi connectivity index (χ1v) is 11.8. The molecule has 182 valence electrons. The molecular formula is C20H18F3N9O2S. The number of fused-ring (bicyclic) bond motifs is 1. The number of aryl methyl sites for hydroxylation is 1. The van der Waals surface area contributed by atoms with Crippen molar-refractivity contribution in [2.45, 2.75) is 23.9 Å². The van der Waals surface area contributed by atoms with Crippen LogP contribution in [0.4, 0.5) is 13.2 Å². The van der Waals surface area contributed by atoms with Crippen LogP contribution < -0.4 is 0 Å². The lowest BCUT2D eigenvalue weighted by molar-refractivity contribution is -0.0485. The number of hydrogen-bond acceptors (Lipinski definition) is 7. The molecule has 0 amide bonds. The zero-order chi connectivity index (χ0) is 25.0. The van der Waals surface area contributed by atoms with Gasteiger partial charge in [-0.05, 0) is 6.42 Å². The van der Waals surface area contributed by atoms with Gasteiger partial charge in [0.05, 0.1) is 41.7 Å². The summed E-state index contributed by atoms with van der Waals surface area (Å²) >= 11 is 0. The monoisotopic (exact) mass is 505 g/mol. The predicted octanol–water partition coefficient (Wildman–Crippen LogP) is 2.16. The summed E-state index contributed by atoms with van der Waals surface area (Å²) < 4.78 is 68.3. The second-order valence-corrected chi connectivity index (χ2v) is 10.2. The molecule has 1 fully saturated rings. The number of alkyl halides is 3. The SMILES string of the molecule is Cn1cc(-c2cc3nccn3c(-c3cnn(C4(CC#N)CCN(S(=O)(=O)C(F)(F)F)C4)c3)n2)cn1.